The third-order valence-corrected chi connectivity index (χ3v) is 22.1. The summed E-state index contributed by atoms with van der Waals surface area (Å²) in [6.45, 7) is 7.03. The van der Waals surface area contributed by atoms with Gasteiger partial charge in [0.25, 0.3) is 0 Å². The zero-order chi connectivity index (χ0) is 21.9. The van der Waals surface area contributed by atoms with Gasteiger partial charge in [-0.05, 0) is 0 Å². The molecule has 0 spiro atoms. The summed E-state index contributed by atoms with van der Waals surface area (Å²) in [7, 11) is 0. The van der Waals surface area contributed by atoms with Crippen LogP contribution >= 0.6 is 0 Å². The Bertz CT molecular complexity index is 887. The molecule has 0 amide bonds. The summed E-state index contributed by atoms with van der Waals surface area (Å²) in [6.07, 6.45) is 7.88. The molecule has 0 aliphatic rings. The van der Waals surface area contributed by atoms with E-state index in [0.717, 1.165) is 5.69 Å². The van der Waals surface area contributed by atoms with Gasteiger partial charge >= 0.3 is 194 Å². The Morgan fingerprint density at radius 3 is 1.58 bits per heavy atom. The summed E-state index contributed by atoms with van der Waals surface area (Å²) < 4.78 is 5.92. The van der Waals surface area contributed by atoms with Gasteiger partial charge in [0.1, 0.15) is 0 Å². The van der Waals surface area contributed by atoms with Crippen molar-refractivity contribution in [2.75, 3.05) is 0 Å². The van der Waals surface area contributed by atoms with Gasteiger partial charge in [-0.15, -0.1) is 0 Å². The zero-order valence-electron chi connectivity index (χ0n) is 19.6. The number of nitrogens with zero attached hydrogens (tertiary/aromatic N) is 2. The van der Waals surface area contributed by atoms with Crippen LogP contribution in [0.2, 0.25) is 13.3 Å². The van der Waals surface area contributed by atoms with E-state index < -0.39 is 18.4 Å². The minimum atomic E-state index is -2.70. The second-order valence-corrected chi connectivity index (χ2v) is 21.9. The Morgan fingerprint density at radius 1 is 0.613 bits per heavy atom. The molecular formula is C28H38N2Sn. The molecule has 0 aliphatic heterocycles. The first-order valence-corrected chi connectivity index (χ1v) is 19.7. The number of hydrogen-bond acceptors (Lipinski definition) is 2. The Morgan fingerprint density at radius 2 is 1.10 bits per heavy atom. The maximum atomic E-state index is 4.92. The van der Waals surface area contributed by atoms with E-state index in [1.807, 2.05) is 0 Å². The van der Waals surface area contributed by atoms with Crippen LogP contribution in [-0.4, -0.2) is 28.6 Å². The molecule has 2 nitrogen and oxygen atoms in total. The molecule has 0 fully saturated rings. The SMILES string of the molecule is CCC[CH2][Sn]([CH2]CCC)([CH2]CCC)[c]1cc(-c2ccccc2)nnc1-c1ccccc1. The number of unbranched alkanes of at least 4 members (excludes halogenated alkanes) is 3. The zero-order valence-corrected chi connectivity index (χ0v) is 22.5. The summed E-state index contributed by atoms with van der Waals surface area (Å²) >= 11 is -2.70. The summed E-state index contributed by atoms with van der Waals surface area (Å²) in [6, 6.07) is 23.8. The van der Waals surface area contributed by atoms with Crippen LogP contribution in [0.15, 0.2) is 66.7 Å². The van der Waals surface area contributed by atoms with Crippen molar-refractivity contribution in [3.05, 3.63) is 66.7 Å². The van der Waals surface area contributed by atoms with Gasteiger partial charge in [0.15, 0.2) is 0 Å². The molecule has 1 aromatic heterocycles. The summed E-state index contributed by atoms with van der Waals surface area (Å²) in [5.74, 6) is 0. The van der Waals surface area contributed by atoms with Gasteiger partial charge < -0.3 is 0 Å². The van der Waals surface area contributed by atoms with E-state index in [0.29, 0.717) is 0 Å². The van der Waals surface area contributed by atoms with Gasteiger partial charge in [-0.2, -0.15) is 0 Å². The second kappa shape index (κ2) is 12.4. The Balaban J connectivity index is 2.21. The van der Waals surface area contributed by atoms with E-state index in [4.69, 9.17) is 10.2 Å². The molecule has 1 heterocycles. The molecular weight excluding hydrogens is 483 g/mol. The average Bonchev–Trinajstić information content (AvgIpc) is 2.84. The van der Waals surface area contributed by atoms with Gasteiger partial charge in [0.2, 0.25) is 0 Å². The van der Waals surface area contributed by atoms with Gasteiger partial charge in [-0.3, -0.25) is 0 Å². The van der Waals surface area contributed by atoms with Gasteiger partial charge in [-0.25, -0.2) is 0 Å². The molecule has 3 rings (SSSR count). The van der Waals surface area contributed by atoms with Crippen LogP contribution in [0.1, 0.15) is 59.3 Å². The van der Waals surface area contributed by atoms with Crippen molar-refractivity contribution in [3.8, 4) is 22.5 Å². The fourth-order valence-electron chi connectivity index (χ4n) is 4.68. The van der Waals surface area contributed by atoms with E-state index in [-0.39, 0.29) is 0 Å². The Kier molecular flexibility index (Phi) is 9.57. The predicted molar refractivity (Wildman–Crippen MR) is 137 cm³/mol. The van der Waals surface area contributed by atoms with Gasteiger partial charge in [0.05, 0.1) is 0 Å². The van der Waals surface area contributed by atoms with Crippen LogP contribution in [0.3, 0.4) is 0 Å². The van der Waals surface area contributed by atoms with Crippen LogP contribution in [0.25, 0.3) is 22.5 Å². The fraction of sp³-hybridized carbons (Fsp3) is 0.429. The van der Waals surface area contributed by atoms with E-state index in [9.17, 15) is 0 Å². The fourth-order valence-corrected chi connectivity index (χ4v) is 21.2. The van der Waals surface area contributed by atoms with Crippen LogP contribution in [0, 0.1) is 0 Å². The minimum absolute atomic E-state index is 1.04. The maximum absolute atomic E-state index is 4.92. The molecule has 3 heteroatoms. The molecule has 0 saturated carbocycles. The molecule has 0 radical (unpaired) electrons. The third-order valence-electron chi connectivity index (χ3n) is 6.51. The molecule has 164 valence electrons. The topological polar surface area (TPSA) is 25.8 Å². The molecule has 0 N–H and O–H groups in total. The van der Waals surface area contributed by atoms with Crippen molar-refractivity contribution in [2.45, 2.75) is 72.6 Å². The monoisotopic (exact) mass is 522 g/mol. The predicted octanol–water partition coefficient (Wildman–Crippen LogP) is 7.87. The second-order valence-electron chi connectivity index (χ2n) is 8.81. The van der Waals surface area contributed by atoms with Crippen LogP contribution in [0.5, 0.6) is 0 Å². The van der Waals surface area contributed by atoms with Crippen LogP contribution in [-0.2, 0) is 0 Å². The van der Waals surface area contributed by atoms with E-state index in [1.165, 1.54) is 68.7 Å². The third kappa shape index (κ3) is 6.18. The number of benzene rings is 2. The van der Waals surface area contributed by atoms with Crippen molar-refractivity contribution < 1.29 is 0 Å². The van der Waals surface area contributed by atoms with Crippen molar-refractivity contribution >= 4 is 22.0 Å². The van der Waals surface area contributed by atoms with Crippen LogP contribution < -0.4 is 3.58 Å². The first-order chi connectivity index (χ1) is 15.2. The molecule has 0 unspecified atom stereocenters. The molecule has 0 aliphatic carbocycles. The van der Waals surface area contributed by atoms with E-state index in [1.54, 1.807) is 3.58 Å². The van der Waals surface area contributed by atoms with E-state index in [2.05, 4.69) is 87.5 Å². The Labute approximate surface area is 193 Å². The Hall–Kier alpha value is -1.68. The standard InChI is InChI=1S/C16H11N2.3C4H9.Sn/c1-3-7-13(8-4-1)15-11-12-16(18-17-15)14-9-5-2-6-10-14;3*1-3-4-2;/h1-11H;3*1,3-4H2,2H3;. The molecule has 0 atom stereocenters. The van der Waals surface area contributed by atoms with Crippen LogP contribution in [0.4, 0.5) is 0 Å². The number of aromatic nitrogens is 2. The molecule has 2 aromatic carbocycles. The molecule has 31 heavy (non-hydrogen) atoms. The first-order valence-electron chi connectivity index (χ1n) is 12.2. The summed E-state index contributed by atoms with van der Waals surface area (Å²) in [4.78, 5) is 0. The first kappa shape index (κ1) is 24.0. The van der Waals surface area contributed by atoms with Crippen molar-refractivity contribution in [3.63, 3.8) is 0 Å². The van der Waals surface area contributed by atoms with Gasteiger partial charge in [0, 0.05) is 0 Å². The molecule has 0 saturated heterocycles. The molecule has 3 aromatic rings. The average molecular weight is 521 g/mol. The number of rotatable bonds is 12. The normalized spacial score (nSPS) is 11.6. The van der Waals surface area contributed by atoms with Crippen molar-refractivity contribution in [1.82, 2.24) is 10.2 Å². The molecule has 0 bridgehead atoms. The number of hydrogen-bond donors (Lipinski definition) is 0. The summed E-state index contributed by atoms with van der Waals surface area (Å²) in [5.41, 5.74) is 4.62. The van der Waals surface area contributed by atoms with E-state index >= 15 is 0 Å². The van der Waals surface area contributed by atoms with Crippen molar-refractivity contribution in [2.24, 2.45) is 0 Å². The van der Waals surface area contributed by atoms with Gasteiger partial charge in [-0.1, -0.05) is 0 Å². The quantitative estimate of drug-likeness (QED) is 0.227. The summed E-state index contributed by atoms with van der Waals surface area (Å²) in [5, 5.41) is 9.64. The van der Waals surface area contributed by atoms with Crippen molar-refractivity contribution in [1.29, 1.82) is 0 Å².